The maximum absolute atomic E-state index is 13.3. The van der Waals surface area contributed by atoms with Gasteiger partial charge in [0.15, 0.2) is 23.0 Å². The maximum atomic E-state index is 13.3. The molecule has 1 aromatic carbocycles. The number of hydrogen-bond acceptors (Lipinski definition) is 28. The predicted octanol–water partition coefficient (Wildman–Crippen LogP) is 19.3. The van der Waals surface area contributed by atoms with Crippen molar-refractivity contribution in [3.63, 3.8) is 0 Å². The lowest BCUT2D eigenvalue weighted by Crippen LogP contribution is -2.25. The highest BCUT2D eigenvalue weighted by molar-refractivity contribution is 6.31. The summed E-state index contributed by atoms with van der Waals surface area (Å²) in [5.74, 6) is 5.45. The Hall–Kier alpha value is -11.2. The van der Waals surface area contributed by atoms with E-state index >= 15 is 0 Å². The van der Waals surface area contributed by atoms with Gasteiger partial charge in [-0.3, -0.25) is 44.3 Å². The number of ether oxygens (including phenoxy) is 5. The molecule has 23 heterocycles. The first-order chi connectivity index (χ1) is 62.9. The number of rotatable bonds is 10. The van der Waals surface area contributed by atoms with Crippen LogP contribution in [0.4, 0.5) is 30.2 Å². The van der Waals surface area contributed by atoms with Crippen LogP contribution in [-0.4, -0.2) is 222 Å². The Morgan fingerprint density at radius 3 is 1.67 bits per heavy atom. The van der Waals surface area contributed by atoms with Crippen molar-refractivity contribution in [1.29, 1.82) is 0 Å². The van der Waals surface area contributed by atoms with E-state index in [9.17, 15) is 13.2 Å². The molecule has 7 fully saturated rings. The molecule has 7 atom stereocenters. The summed E-state index contributed by atoms with van der Waals surface area (Å²) in [6, 6.07) is 22.9. The lowest BCUT2D eigenvalue weighted by Gasteiger charge is -2.27. The summed E-state index contributed by atoms with van der Waals surface area (Å²) in [6.45, 7) is 13.1. The minimum atomic E-state index is -4.46. The Morgan fingerprint density at radius 1 is 0.450 bits per heavy atom. The van der Waals surface area contributed by atoms with Crippen LogP contribution < -0.4 is 39.6 Å². The molecule has 28 nitrogen and oxygen atoms in total. The summed E-state index contributed by atoms with van der Waals surface area (Å²) in [5.41, 5.74) is 15.6. The van der Waals surface area contributed by atoms with Crippen molar-refractivity contribution in [3.05, 3.63) is 191 Å². The van der Waals surface area contributed by atoms with Gasteiger partial charge in [0.05, 0.1) is 77.1 Å². The van der Waals surface area contributed by atoms with Gasteiger partial charge in [-0.05, 0) is 244 Å². The van der Waals surface area contributed by atoms with Crippen molar-refractivity contribution < 1.29 is 58.9 Å². The molecule has 12 aromatic heterocycles. The third kappa shape index (κ3) is 19.0. The van der Waals surface area contributed by atoms with E-state index in [-0.39, 0.29) is 22.8 Å². The minimum Gasteiger partial charge on any atom is -0.491 e. The number of aromatic nitrogens is 8. The molecule has 0 radical (unpaired) electrons. The zero-order valence-electron chi connectivity index (χ0n) is 74.6. The summed E-state index contributed by atoms with van der Waals surface area (Å²) < 4.78 is 95.3. The number of methoxy groups -OCH3 is 1. The normalized spacial score (nSPS) is 22.1. The molecule has 24 rings (SSSR count). The van der Waals surface area contributed by atoms with Crippen LogP contribution in [0.5, 0.6) is 28.9 Å². The van der Waals surface area contributed by atoms with Crippen LogP contribution in [0.2, 0.25) is 5.15 Å². The Bertz CT molecular complexity index is 5980. The molecule has 32 heteroatoms. The van der Waals surface area contributed by atoms with Gasteiger partial charge in [0.1, 0.15) is 54.5 Å². The topological polar surface area (TPSA) is 274 Å². The number of nitrogens with one attached hydrogen (secondary N) is 3. The van der Waals surface area contributed by atoms with Crippen molar-refractivity contribution in [3.8, 4) is 51.5 Å². The van der Waals surface area contributed by atoms with E-state index in [4.69, 9.17) is 57.4 Å². The standard InChI is InChI=1S/C20H18N2O2.C16H16N2O2.C13H19N3O2.C12H15ClN2O2.C12H12F3N3O.C12H18N4.C12H16N2O/c1-22-9-4-6-16(22)15-12-21-20-14(8-10-23-20)19(15)18-11-13-5-2-3-7-17(13)24-18;1-18-6-2-4-14(18)11-8-12-13(15-5-3-7-19-15)10-20-16(12)17-9-11;1-16-6-3-4-10(16)9-8-15-13(17-2)12-11(9)14-5-7-18-12;1-15-4-2-3-9(15)8-7-14-12(13)11-10(8)16-5-6-17-11;1-18-4-2-3-8(18)7-5-16-11-10(17-6-19-11)9(7)12(13,14)15;1-16-6-2-3-11(16)9-7-13-8-10-12(9)15-5-4-14-10;1-14-5-2-3-11(14)9-7-12-10(13-8-9)4-6-15-12/h2-3,5,7-8,10-12,16H,4,6,9H2,1H3;3,5,7-10,14H,2,4,6H2,1H3;8,10,14H,3-7H2,1-2H3;7,9H,2-6H2,1H3;5-6,8H,2-4H2,1H3;7-8,11,14-15H,2-6H2,1H3;7-8,11H,2-6H2,1H3/t16-;14-;10-;9-;8-;2*11-/m0000000/s1. The Kier molecular flexibility index (Phi) is 27.2. The summed E-state index contributed by atoms with van der Waals surface area (Å²) in [5, 5.41) is 13.9. The minimum absolute atomic E-state index is 0.0725. The average Bonchev–Trinajstić information content (AvgIpc) is 1.76. The first kappa shape index (κ1) is 88.5. The van der Waals surface area contributed by atoms with Crippen LogP contribution >= 0.6 is 11.6 Å². The molecule has 7 saturated heterocycles. The smallest absolute Gasteiger partial charge is 0.419 e. The number of hydrogen-bond donors (Lipinski definition) is 3. The zero-order valence-corrected chi connectivity index (χ0v) is 75.3. The second-order valence-electron chi connectivity index (χ2n) is 35.1. The van der Waals surface area contributed by atoms with Crippen LogP contribution in [0, 0.1) is 0 Å². The van der Waals surface area contributed by atoms with Gasteiger partial charge in [0.25, 0.3) is 5.88 Å². The molecule has 0 saturated carbocycles. The summed E-state index contributed by atoms with van der Waals surface area (Å²) >= 11 is 6.03. The van der Waals surface area contributed by atoms with E-state index in [0.717, 1.165) is 175 Å². The molecule has 11 aliphatic heterocycles. The monoisotopic (exact) mass is 1780 g/mol. The second kappa shape index (κ2) is 39.7. The fourth-order valence-electron chi connectivity index (χ4n) is 20.4. The van der Waals surface area contributed by atoms with Gasteiger partial charge in [0.2, 0.25) is 22.9 Å². The fourth-order valence-corrected chi connectivity index (χ4v) is 20.5. The van der Waals surface area contributed by atoms with Crippen LogP contribution in [0.15, 0.2) is 158 Å². The molecular formula is C97H114ClF3N18O10. The zero-order chi connectivity index (χ0) is 88.8. The average molecular weight is 1780 g/mol. The van der Waals surface area contributed by atoms with Gasteiger partial charge in [-0.2, -0.15) is 13.2 Å². The number of alkyl halides is 3. The number of halogens is 4. The molecule has 0 spiro atoms. The number of para-hydroxylation sites is 1. The molecule has 0 unspecified atom stereocenters. The van der Waals surface area contributed by atoms with E-state index in [1.165, 1.54) is 117 Å². The molecule has 3 N–H and O–H groups in total. The van der Waals surface area contributed by atoms with Crippen molar-refractivity contribution >= 4 is 73.1 Å². The van der Waals surface area contributed by atoms with E-state index in [0.29, 0.717) is 90.7 Å². The van der Waals surface area contributed by atoms with Crippen molar-refractivity contribution in [2.45, 2.75) is 145 Å². The molecule has 129 heavy (non-hydrogen) atoms. The van der Waals surface area contributed by atoms with Crippen LogP contribution in [-0.2, 0) is 12.6 Å². The lowest BCUT2D eigenvalue weighted by atomic mass is 9.96. The third-order valence-corrected chi connectivity index (χ3v) is 27.3. The van der Waals surface area contributed by atoms with Crippen LogP contribution in [0.25, 0.3) is 67.0 Å². The number of likely N-dealkylation sites (tertiary alicyclic amines) is 7. The van der Waals surface area contributed by atoms with Crippen molar-refractivity contribution in [2.75, 3.05) is 164 Å². The van der Waals surface area contributed by atoms with Crippen LogP contribution in [0.3, 0.4) is 0 Å². The van der Waals surface area contributed by atoms with Gasteiger partial charge < -0.3 is 61.7 Å². The highest BCUT2D eigenvalue weighted by Gasteiger charge is 2.42. The van der Waals surface area contributed by atoms with Gasteiger partial charge in [-0.1, -0.05) is 29.8 Å². The fraction of sp³-hybridized carbons (Fsp3) is 0.464. The molecule has 11 aliphatic rings. The van der Waals surface area contributed by atoms with E-state index in [1.807, 2.05) is 91.7 Å². The van der Waals surface area contributed by atoms with E-state index < -0.39 is 11.7 Å². The highest BCUT2D eigenvalue weighted by Crippen LogP contribution is 2.50. The van der Waals surface area contributed by atoms with E-state index in [1.54, 1.807) is 25.9 Å². The van der Waals surface area contributed by atoms with E-state index in [2.05, 4.69) is 152 Å². The lowest BCUT2D eigenvalue weighted by molar-refractivity contribution is -0.137. The van der Waals surface area contributed by atoms with Gasteiger partial charge in [0, 0.05) is 145 Å². The Morgan fingerprint density at radius 2 is 1.02 bits per heavy atom. The first-order valence-corrected chi connectivity index (χ1v) is 45.7. The molecule has 680 valence electrons. The van der Waals surface area contributed by atoms with Gasteiger partial charge >= 0.3 is 6.18 Å². The molecular weight excluding hydrogens is 1670 g/mol. The maximum Gasteiger partial charge on any atom is 0.419 e. The quantitative estimate of drug-likeness (QED) is 0.107. The second-order valence-corrected chi connectivity index (χ2v) is 35.4. The van der Waals surface area contributed by atoms with Crippen molar-refractivity contribution in [1.82, 2.24) is 74.2 Å². The Labute approximate surface area is 753 Å². The number of benzene rings is 1. The summed E-state index contributed by atoms with van der Waals surface area (Å²) in [6.07, 6.45) is 33.7. The Balaban J connectivity index is 0.000000102. The largest absolute Gasteiger partial charge is 0.491 e. The number of anilines is 3. The SMILES string of the molecule is CN1CCC[C@H]1c1cnc(Cl)c2c1OCCO2.CN1CCC[C@H]1c1cnc2c(c1)OCC2.CN1CCC[C@H]1c1cnc2occ(-c3ccco3)c2c1.CN1CCC[C@H]1c1cnc2occc2c1-c1cc2ccccc2o1.CN1CCC[C@H]1c1cnc2ocnc2c1C(F)(F)F.CN1CCC[C@H]1c1cncc2c1NCCN2.COc1ncc([C@@H]2CCCN2C)c2c1OCCN2. The summed E-state index contributed by atoms with van der Waals surface area (Å²) in [4.78, 5) is 50.2. The molecule has 0 aliphatic carbocycles. The molecule has 13 aromatic rings. The molecule has 0 amide bonds. The number of furan rings is 4. The van der Waals surface area contributed by atoms with Crippen LogP contribution in [0.1, 0.15) is 182 Å². The highest BCUT2D eigenvalue weighted by atomic mass is 35.5. The van der Waals surface area contributed by atoms with Gasteiger partial charge in [-0.15, -0.1) is 0 Å². The van der Waals surface area contributed by atoms with Gasteiger partial charge in [-0.25, -0.2) is 29.9 Å². The number of nitrogens with zero attached hydrogens (tertiary/aromatic N) is 15. The predicted molar refractivity (Wildman–Crippen MR) is 490 cm³/mol. The number of pyridine rings is 7. The first-order valence-electron chi connectivity index (χ1n) is 45.3. The third-order valence-electron chi connectivity index (χ3n) is 27.0. The number of fused-ring (bicyclic) bond motifs is 8. The molecule has 0 bridgehead atoms. The summed E-state index contributed by atoms with van der Waals surface area (Å²) in [7, 11) is 16.5. The number of oxazole rings is 1. The van der Waals surface area contributed by atoms with Crippen molar-refractivity contribution in [2.24, 2.45) is 0 Å².